The number of imidazole rings is 1. The largest absolute Gasteiger partial charge is 0.480 e. The lowest BCUT2D eigenvalue weighted by atomic mass is 9.98. The maximum absolute atomic E-state index is 12.6. The summed E-state index contributed by atoms with van der Waals surface area (Å²) < 4.78 is 5.52. The third-order valence-corrected chi connectivity index (χ3v) is 5.66. The van der Waals surface area contributed by atoms with Crippen LogP contribution >= 0.6 is 0 Å². The molecule has 33 heavy (non-hydrogen) atoms. The van der Waals surface area contributed by atoms with Crippen molar-refractivity contribution in [1.82, 2.24) is 20.6 Å². The first kappa shape index (κ1) is 22.1. The van der Waals surface area contributed by atoms with Crippen LogP contribution in [0.3, 0.4) is 0 Å². The number of nitrogens with one attached hydrogen (secondary N) is 3. The standard InChI is InChI=1S/C24H24N4O5/c1-14(23(30)31)27-22(29)21(10-15-11-25-13-26-15)28-24(32)33-12-20-18-8-4-2-6-16(18)17-7-3-5-9-19(17)20/h2-9,11,13-14,20-21H,10,12H2,1H3,(H,25,26)(H,27,29)(H,28,32)(H,30,31)/t14-,21+/m0/s1. The zero-order chi connectivity index (χ0) is 23.4. The molecule has 1 aliphatic rings. The van der Waals surface area contributed by atoms with Crippen LogP contribution in [0.2, 0.25) is 0 Å². The molecular formula is C24H24N4O5. The molecule has 2 amide bonds. The van der Waals surface area contributed by atoms with E-state index in [9.17, 15) is 14.4 Å². The average Bonchev–Trinajstić information content (AvgIpc) is 3.43. The van der Waals surface area contributed by atoms with E-state index in [-0.39, 0.29) is 18.9 Å². The molecule has 0 bridgehead atoms. The maximum Gasteiger partial charge on any atom is 0.407 e. The lowest BCUT2D eigenvalue weighted by molar-refractivity contribution is -0.141. The van der Waals surface area contributed by atoms with Crippen LogP contribution in [-0.4, -0.2) is 51.7 Å². The highest BCUT2D eigenvalue weighted by atomic mass is 16.5. The number of hydrogen-bond acceptors (Lipinski definition) is 5. The Morgan fingerprint density at radius 1 is 1.06 bits per heavy atom. The summed E-state index contributed by atoms with van der Waals surface area (Å²) in [6.07, 6.45) is 2.32. The van der Waals surface area contributed by atoms with E-state index in [4.69, 9.17) is 9.84 Å². The molecule has 0 saturated heterocycles. The first-order valence-corrected chi connectivity index (χ1v) is 10.6. The highest BCUT2D eigenvalue weighted by Gasteiger charge is 2.30. The summed E-state index contributed by atoms with van der Waals surface area (Å²) in [4.78, 5) is 43.1. The van der Waals surface area contributed by atoms with Crippen molar-refractivity contribution in [3.05, 3.63) is 77.9 Å². The van der Waals surface area contributed by atoms with Gasteiger partial charge in [0.15, 0.2) is 0 Å². The minimum Gasteiger partial charge on any atom is -0.480 e. The first-order chi connectivity index (χ1) is 15.9. The molecule has 1 heterocycles. The summed E-state index contributed by atoms with van der Waals surface area (Å²) in [6.45, 7) is 1.45. The third-order valence-electron chi connectivity index (χ3n) is 5.66. The van der Waals surface area contributed by atoms with Gasteiger partial charge in [0.1, 0.15) is 18.7 Å². The van der Waals surface area contributed by atoms with E-state index in [0.717, 1.165) is 22.3 Å². The molecule has 0 unspecified atom stereocenters. The van der Waals surface area contributed by atoms with E-state index < -0.39 is 30.1 Å². The fraction of sp³-hybridized carbons (Fsp3) is 0.250. The van der Waals surface area contributed by atoms with Crippen LogP contribution in [0.1, 0.15) is 29.7 Å². The number of ether oxygens (including phenoxy) is 1. The molecule has 0 radical (unpaired) electrons. The summed E-state index contributed by atoms with van der Waals surface area (Å²) in [5, 5.41) is 14.0. The minimum atomic E-state index is -1.18. The summed E-state index contributed by atoms with van der Waals surface area (Å²) in [7, 11) is 0. The van der Waals surface area contributed by atoms with Gasteiger partial charge in [-0.25, -0.2) is 9.78 Å². The van der Waals surface area contributed by atoms with Gasteiger partial charge in [0.25, 0.3) is 0 Å². The Labute approximate surface area is 190 Å². The summed E-state index contributed by atoms with van der Waals surface area (Å²) >= 11 is 0. The monoisotopic (exact) mass is 448 g/mol. The van der Waals surface area contributed by atoms with Crippen LogP contribution in [0.4, 0.5) is 4.79 Å². The molecule has 1 aliphatic carbocycles. The molecule has 3 aromatic rings. The number of benzene rings is 2. The number of aromatic nitrogens is 2. The first-order valence-electron chi connectivity index (χ1n) is 10.6. The summed E-state index contributed by atoms with van der Waals surface area (Å²) in [5.41, 5.74) is 4.99. The predicted octanol–water partition coefficient (Wildman–Crippen LogP) is 2.45. The van der Waals surface area contributed by atoms with E-state index in [1.807, 2.05) is 48.5 Å². The second-order valence-electron chi connectivity index (χ2n) is 7.87. The Morgan fingerprint density at radius 3 is 2.27 bits per heavy atom. The Kier molecular flexibility index (Phi) is 6.39. The number of nitrogens with zero attached hydrogens (tertiary/aromatic N) is 1. The number of aliphatic carboxylic acids is 1. The minimum absolute atomic E-state index is 0.0996. The molecule has 1 aromatic heterocycles. The highest BCUT2D eigenvalue weighted by Crippen LogP contribution is 2.44. The van der Waals surface area contributed by atoms with Gasteiger partial charge in [-0.15, -0.1) is 0 Å². The number of rotatable bonds is 8. The quantitative estimate of drug-likeness (QED) is 0.418. The van der Waals surface area contributed by atoms with Crippen LogP contribution in [0.25, 0.3) is 11.1 Å². The SMILES string of the molecule is C[C@H](NC(=O)[C@@H](Cc1cnc[nH]1)NC(=O)OCC1c2ccccc2-c2ccccc21)C(=O)O. The Balaban J connectivity index is 1.44. The van der Waals surface area contributed by atoms with E-state index in [1.165, 1.54) is 19.4 Å². The van der Waals surface area contributed by atoms with Crippen LogP contribution in [0.5, 0.6) is 0 Å². The zero-order valence-corrected chi connectivity index (χ0v) is 17.9. The van der Waals surface area contributed by atoms with Crippen molar-refractivity contribution in [3.8, 4) is 11.1 Å². The van der Waals surface area contributed by atoms with Gasteiger partial charge in [0.2, 0.25) is 5.91 Å². The van der Waals surface area contributed by atoms with Crippen LogP contribution in [0, 0.1) is 0 Å². The Bertz CT molecular complexity index is 1120. The number of fused-ring (bicyclic) bond motifs is 3. The molecule has 2 atom stereocenters. The molecular weight excluding hydrogens is 424 g/mol. The number of amides is 2. The maximum atomic E-state index is 12.6. The lowest BCUT2D eigenvalue weighted by Gasteiger charge is -2.20. The lowest BCUT2D eigenvalue weighted by Crippen LogP contribution is -2.52. The van der Waals surface area contributed by atoms with Gasteiger partial charge in [-0.05, 0) is 29.2 Å². The average molecular weight is 448 g/mol. The van der Waals surface area contributed by atoms with E-state index in [1.54, 1.807) is 0 Å². The van der Waals surface area contributed by atoms with Gasteiger partial charge in [-0.2, -0.15) is 0 Å². The van der Waals surface area contributed by atoms with E-state index >= 15 is 0 Å². The van der Waals surface area contributed by atoms with Crippen LogP contribution < -0.4 is 10.6 Å². The number of carboxylic acids is 1. The number of alkyl carbamates (subject to hydrolysis) is 1. The van der Waals surface area contributed by atoms with E-state index in [0.29, 0.717) is 5.69 Å². The number of carboxylic acid groups (broad SMARTS) is 1. The van der Waals surface area contributed by atoms with Crippen molar-refractivity contribution in [3.63, 3.8) is 0 Å². The van der Waals surface area contributed by atoms with Crippen LogP contribution in [0.15, 0.2) is 61.1 Å². The molecule has 4 rings (SSSR count). The van der Waals surface area contributed by atoms with Gasteiger partial charge in [-0.3, -0.25) is 9.59 Å². The van der Waals surface area contributed by atoms with Gasteiger partial charge >= 0.3 is 12.1 Å². The smallest absolute Gasteiger partial charge is 0.407 e. The second-order valence-corrected chi connectivity index (χ2v) is 7.87. The number of carbonyl (C=O) groups excluding carboxylic acids is 2. The summed E-state index contributed by atoms with van der Waals surface area (Å²) in [5.74, 6) is -1.92. The fourth-order valence-electron chi connectivity index (χ4n) is 3.98. The molecule has 0 aliphatic heterocycles. The molecule has 0 spiro atoms. The summed E-state index contributed by atoms with van der Waals surface area (Å²) in [6, 6.07) is 13.8. The van der Waals surface area contributed by atoms with Gasteiger partial charge < -0.3 is 25.5 Å². The van der Waals surface area contributed by atoms with Gasteiger partial charge in [0, 0.05) is 24.2 Å². The van der Waals surface area contributed by atoms with Crippen molar-refractivity contribution in [2.24, 2.45) is 0 Å². The van der Waals surface area contributed by atoms with Gasteiger partial charge in [-0.1, -0.05) is 48.5 Å². The Morgan fingerprint density at radius 2 is 1.70 bits per heavy atom. The van der Waals surface area contributed by atoms with Crippen LogP contribution in [-0.2, 0) is 20.7 Å². The number of hydrogen-bond donors (Lipinski definition) is 4. The predicted molar refractivity (Wildman–Crippen MR) is 120 cm³/mol. The molecule has 170 valence electrons. The number of carbonyl (C=O) groups is 3. The van der Waals surface area contributed by atoms with Crippen molar-refractivity contribution in [1.29, 1.82) is 0 Å². The number of aromatic amines is 1. The molecule has 2 aromatic carbocycles. The number of H-pyrrole nitrogens is 1. The topological polar surface area (TPSA) is 133 Å². The normalized spacial score (nSPS) is 14.0. The molecule has 0 saturated carbocycles. The van der Waals surface area contributed by atoms with E-state index in [2.05, 4.69) is 20.6 Å². The Hall–Kier alpha value is -4.14. The van der Waals surface area contributed by atoms with Crippen molar-refractivity contribution >= 4 is 18.0 Å². The fourth-order valence-corrected chi connectivity index (χ4v) is 3.98. The molecule has 9 nitrogen and oxygen atoms in total. The molecule has 4 N–H and O–H groups in total. The molecule has 9 heteroatoms. The molecule has 0 fully saturated rings. The van der Waals surface area contributed by atoms with Gasteiger partial charge in [0.05, 0.1) is 6.33 Å². The second kappa shape index (κ2) is 9.56. The third kappa shape index (κ3) is 4.87. The van der Waals surface area contributed by atoms with Crippen molar-refractivity contribution in [2.45, 2.75) is 31.3 Å². The van der Waals surface area contributed by atoms with Crippen molar-refractivity contribution in [2.75, 3.05) is 6.61 Å². The highest BCUT2D eigenvalue weighted by molar-refractivity contribution is 5.89. The van der Waals surface area contributed by atoms with Crippen molar-refractivity contribution < 1.29 is 24.2 Å². The zero-order valence-electron chi connectivity index (χ0n) is 17.9.